The van der Waals surface area contributed by atoms with Crippen molar-refractivity contribution in [3.63, 3.8) is 0 Å². The average Bonchev–Trinajstić information content (AvgIpc) is 1.47. The second kappa shape index (κ2) is 47.4. The van der Waals surface area contributed by atoms with Crippen LogP contribution in [-0.2, 0) is 64.0 Å². The second-order valence-electron chi connectivity index (χ2n) is 21.9. The first-order valence-corrected chi connectivity index (χ1v) is 29.9. The Bertz CT molecular complexity index is 2670. The van der Waals surface area contributed by atoms with Crippen molar-refractivity contribution in [3.05, 3.63) is 29.8 Å². The van der Waals surface area contributed by atoms with Crippen LogP contribution in [0.1, 0.15) is 95.5 Å². The minimum Gasteiger partial charge on any atom is -0.481 e. The van der Waals surface area contributed by atoms with Crippen molar-refractivity contribution in [2.24, 2.45) is 0 Å². The Labute approximate surface area is 561 Å². The molecule has 2 aliphatic rings. The molecule has 0 spiro atoms. The number of amides is 3. The number of unbranched alkanes of at least 4 members (excludes halogenated alkanes) is 8. The maximum atomic E-state index is 12.4. The molecule has 35 heteroatoms. The van der Waals surface area contributed by atoms with E-state index in [-0.39, 0.29) is 125 Å². The van der Waals surface area contributed by atoms with Crippen LogP contribution in [-0.4, -0.2) is 285 Å². The molecular formula is C57H88LuN14O20. The number of carbonyl (C=O) groups excluding carboxylic acids is 6. The Balaban J connectivity index is 0.00000580. The fourth-order valence-corrected chi connectivity index (χ4v) is 10.0. The van der Waals surface area contributed by atoms with Crippen LogP contribution in [0, 0.1) is 36.9 Å². The van der Waals surface area contributed by atoms with Gasteiger partial charge in [0.1, 0.15) is 18.6 Å². The van der Waals surface area contributed by atoms with Crippen LogP contribution in [0.2, 0.25) is 0 Å². The molecule has 0 aliphatic carbocycles. The predicted octanol–water partition coefficient (Wildman–Crippen LogP) is -0.0249. The van der Waals surface area contributed by atoms with Gasteiger partial charge in [0.2, 0.25) is 23.8 Å². The van der Waals surface area contributed by atoms with Crippen molar-refractivity contribution >= 4 is 89.6 Å². The number of hydrogen-bond donors (Lipinski definition) is 11. The summed E-state index contributed by atoms with van der Waals surface area (Å²) in [5, 5.41) is 76.6. The molecule has 3 atom stereocenters. The van der Waals surface area contributed by atoms with Gasteiger partial charge >= 0.3 is 60.1 Å². The Morgan fingerprint density at radius 3 is 1.62 bits per heavy atom. The van der Waals surface area contributed by atoms with Gasteiger partial charge in [-0.05, 0) is 76.2 Å². The van der Waals surface area contributed by atoms with E-state index in [1.54, 1.807) is 16.8 Å². The van der Waals surface area contributed by atoms with Crippen LogP contribution in [0.25, 0.3) is 0 Å². The smallest absolute Gasteiger partial charge is 0.373 e. The minimum atomic E-state index is -1.49. The molecule has 521 valence electrons. The number of benzene rings is 1. The van der Waals surface area contributed by atoms with E-state index in [0.29, 0.717) is 89.7 Å². The molecule has 34 nitrogen and oxygen atoms in total. The van der Waals surface area contributed by atoms with Crippen molar-refractivity contribution in [1.29, 1.82) is 0 Å². The molecule has 4 rings (SSSR count). The summed E-state index contributed by atoms with van der Waals surface area (Å²) >= 11 is 0. The number of piperazine rings is 1. The molecule has 92 heavy (non-hydrogen) atoms. The first-order chi connectivity index (χ1) is 43.4. The van der Waals surface area contributed by atoms with E-state index in [2.05, 4.69) is 45.9 Å². The van der Waals surface area contributed by atoms with Gasteiger partial charge in [-0.25, -0.2) is 14.4 Å². The molecule has 2 fully saturated rings. The first-order valence-electron chi connectivity index (χ1n) is 29.9. The largest absolute Gasteiger partial charge is 0.481 e. The number of carboxylic acids is 7. The summed E-state index contributed by atoms with van der Waals surface area (Å²) < 4.78 is 0. The molecule has 3 amide bonds. The Morgan fingerprint density at radius 1 is 0.576 bits per heavy atom. The predicted molar refractivity (Wildman–Crippen MR) is 321 cm³/mol. The van der Waals surface area contributed by atoms with Crippen LogP contribution in [0.3, 0.4) is 0 Å². The molecule has 2 saturated heterocycles. The molecule has 0 bridgehead atoms. The molecule has 1 aromatic carbocycles. The molecule has 2 aliphatic heterocycles. The number of anilines is 4. The molecule has 1 unspecified atom stereocenters. The average molecular weight is 1460 g/mol. The molecule has 1 aromatic heterocycles. The zero-order valence-electron chi connectivity index (χ0n) is 51.8. The topological polar surface area (TPSA) is 473 Å². The standard InChI is InChI=1S/C55H88N14O16.2CO2.Lu/c1-63-23-24-66(36-47(75)76)25-26-67(37-48(77)78)29-32-69(38-49(79)80)41(34-63)33-39-15-17-40(18-16-39)57-52-60-53(64(2)35-46(73)74)62-54(61-52)68-30-27-65(28-31-68)22-12-8-6-4-3-5-7-9-14-44(70)56-21-11-10-13-42(50(81)82)58-55(85)59-43(51(83)84)19-20-45(71)72;2*2-1-3;/h15-18,41-43H,3-14,19-38H2,1-2H3,(H,56,70)(H,71,72)(H,73,74)(H,75,76)(H,77,78)(H,79,80)(H,81,82)(H,83,84)(H2,58,59,85)(H,57,60,61,62);;;/t41?,42-,43-;;;/m0.../s1. The van der Waals surface area contributed by atoms with Crippen molar-refractivity contribution in [1.82, 2.24) is 55.4 Å². The Morgan fingerprint density at radius 2 is 1.09 bits per heavy atom. The number of aliphatic carboxylic acids is 7. The van der Waals surface area contributed by atoms with Gasteiger partial charge in [0.25, 0.3) is 0 Å². The normalized spacial score (nSPS) is 15.8. The van der Waals surface area contributed by atoms with Crippen LogP contribution in [0.4, 0.5) is 28.3 Å². The summed E-state index contributed by atoms with van der Waals surface area (Å²) in [5.41, 5.74) is 1.56. The van der Waals surface area contributed by atoms with E-state index in [9.17, 15) is 73.8 Å². The third-order valence-corrected chi connectivity index (χ3v) is 14.7. The molecule has 0 saturated carbocycles. The zero-order valence-corrected chi connectivity index (χ0v) is 53.5. The number of carboxylic acid groups (broad SMARTS) is 7. The van der Waals surface area contributed by atoms with Crippen LogP contribution < -0.4 is 31.1 Å². The van der Waals surface area contributed by atoms with E-state index in [0.717, 1.165) is 76.6 Å². The SMILES string of the molecule is CN1CCN(CC(=O)O)CCN(CC(=O)O)CCN(CC(=O)O)C(Cc2ccc(Nc3nc(N(C)CC(=O)O)nc(N4CCN(CCCCCCCCCCC(=O)NCCCC[C@H](NC(=O)N[C@@H](CCC(=O)O)C(=O)O)C(=O)O)CC4)n3)cc2)C1.O=C=O.O=C=O.[Lu]. The van der Waals surface area contributed by atoms with Crippen LogP contribution in [0.5, 0.6) is 0 Å². The van der Waals surface area contributed by atoms with Crippen molar-refractivity contribution < 1.29 is 135 Å². The van der Waals surface area contributed by atoms with Gasteiger partial charge in [0, 0.05) is 147 Å². The summed E-state index contributed by atoms with van der Waals surface area (Å²) in [5.74, 6) is -7.34. The summed E-state index contributed by atoms with van der Waals surface area (Å²) in [4.78, 5) is 165. The van der Waals surface area contributed by atoms with Gasteiger partial charge < -0.3 is 71.7 Å². The quantitative estimate of drug-likeness (QED) is 0.0396. The van der Waals surface area contributed by atoms with Gasteiger partial charge in [-0.3, -0.25) is 48.4 Å². The second-order valence-corrected chi connectivity index (χ2v) is 21.9. The maximum Gasteiger partial charge on any atom is 0.373 e. The van der Waals surface area contributed by atoms with E-state index < -0.39 is 66.3 Å². The number of hydrogen-bond acceptors (Lipinski definition) is 24. The monoisotopic (exact) mass is 1460 g/mol. The molecular weight excluding hydrogens is 1380 g/mol. The fraction of sp³-hybridized carbons (Fsp3) is 0.649. The molecule has 1 radical (unpaired) electrons. The van der Waals surface area contributed by atoms with Crippen LogP contribution >= 0.6 is 0 Å². The van der Waals surface area contributed by atoms with E-state index in [4.69, 9.17) is 29.3 Å². The minimum absolute atomic E-state index is 0. The number of likely N-dealkylation sites (N-methyl/N-ethyl adjacent to an activating group) is 2. The summed E-state index contributed by atoms with van der Waals surface area (Å²) in [6.07, 6.45) is 9.47. The fourth-order valence-electron chi connectivity index (χ4n) is 10.0. The number of urea groups is 1. The van der Waals surface area contributed by atoms with Crippen LogP contribution in [0.15, 0.2) is 24.3 Å². The first kappa shape index (κ1) is 82.5. The van der Waals surface area contributed by atoms with Gasteiger partial charge in [-0.15, -0.1) is 0 Å². The summed E-state index contributed by atoms with van der Waals surface area (Å²) in [6.45, 7) is 5.70. The summed E-state index contributed by atoms with van der Waals surface area (Å²) in [6, 6.07) is 3.43. The van der Waals surface area contributed by atoms with Gasteiger partial charge in [-0.1, -0.05) is 50.7 Å². The molecule has 3 heterocycles. The maximum absolute atomic E-state index is 12.4. The third kappa shape index (κ3) is 37.1. The number of rotatable bonds is 37. The number of aromatic nitrogens is 3. The number of carbonyl (C=O) groups is 9. The third-order valence-electron chi connectivity index (χ3n) is 14.7. The number of nitrogens with one attached hydrogen (secondary N) is 4. The summed E-state index contributed by atoms with van der Waals surface area (Å²) in [7, 11) is 3.51. The zero-order chi connectivity index (χ0) is 67.7. The van der Waals surface area contributed by atoms with Gasteiger partial charge in [-0.2, -0.15) is 34.1 Å². The van der Waals surface area contributed by atoms with E-state index >= 15 is 0 Å². The van der Waals surface area contributed by atoms with E-state index in [1.807, 2.05) is 36.2 Å². The van der Waals surface area contributed by atoms with E-state index in [1.165, 1.54) is 4.90 Å². The van der Waals surface area contributed by atoms with Crippen molar-refractivity contribution in [2.45, 2.75) is 114 Å². The molecule has 2 aromatic rings. The van der Waals surface area contributed by atoms with Gasteiger partial charge in [0.15, 0.2) is 0 Å². The van der Waals surface area contributed by atoms with Crippen molar-refractivity contribution in [2.75, 3.05) is 140 Å². The Kier molecular flexibility index (Phi) is 42.5. The molecule has 11 N–H and O–H groups in total. The van der Waals surface area contributed by atoms with Crippen molar-refractivity contribution in [3.8, 4) is 0 Å². The number of nitrogens with zero attached hydrogens (tertiary/aromatic N) is 10. The van der Waals surface area contributed by atoms with Gasteiger partial charge in [0.05, 0.1) is 19.6 Å². The Hall–Kier alpha value is -7.55.